The number of nitrogen functional groups attached to an aromatic ring is 1. The number of ether oxygens (including phenoxy) is 1. The largest absolute Gasteiger partial charge is 0.484 e. The molecule has 2 rings (SSSR count). The van der Waals surface area contributed by atoms with Crippen LogP contribution in [0.25, 0.3) is 0 Å². The van der Waals surface area contributed by atoms with E-state index in [0.29, 0.717) is 17.3 Å². The van der Waals surface area contributed by atoms with Crippen molar-refractivity contribution >= 4 is 17.4 Å². The predicted octanol–water partition coefficient (Wildman–Crippen LogP) is 1.99. The van der Waals surface area contributed by atoms with Gasteiger partial charge >= 0.3 is 0 Å². The molecule has 0 radical (unpaired) electrons. The van der Waals surface area contributed by atoms with Crippen LogP contribution >= 0.6 is 0 Å². The fraction of sp³-hybridized carbons (Fsp3) is 0.143. The Bertz CT molecular complexity index is 567. The third kappa shape index (κ3) is 3.99. The number of carbonyl (C=O) groups excluding carboxylic acids is 1. The SMILES string of the molecule is Cc1ccc(NC(=O)COc2cccc(N)c2)nc1. The van der Waals surface area contributed by atoms with Gasteiger partial charge in [0.1, 0.15) is 11.6 Å². The Morgan fingerprint density at radius 3 is 2.89 bits per heavy atom. The van der Waals surface area contributed by atoms with Crippen molar-refractivity contribution in [3.63, 3.8) is 0 Å². The van der Waals surface area contributed by atoms with Crippen LogP contribution in [0.3, 0.4) is 0 Å². The Kier molecular flexibility index (Phi) is 3.97. The summed E-state index contributed by atoms with van der Waals surface area (Å²) >= 11 is 0. The first-order valence-electron chi connectivity index (χ1n) is 5.84. The monoisotopic (exact) mass is 257 g/mol. The number of aromatic nitrogens is 1. The Labute approximate surface area is 111 Å². The van der Waals surface area contributed by atoms with Gasteiger partial charge in [0.25, 0.3) is 5.91 Å². The van der Waals surface area contributed by atoms with Crippen LogP contribution in [0.4, 0.5) is 11.5 Å². The minimum absolute atomic E-state index is 0.0843. The summed E-state index contributed by atoms with van der Waals surface area (Å²) in [5.74, 6) is 0.803. The molecule has 0 saturated heterocycles. The number of anilines is 2. The molecule has 5 heteroatoms. The number of hydrogen-bond acceptors (Lipinski definition) is 4. The smallest absolute Gasteiger partial charge is 0.263 e. The lowest BCUT2D eigenvalue weighted by Gasteiger charge is -2.07. The Hall–Kier alpha value is -2.56. The third-order valence-corrected chi connectivity index (χ3v) is 2.41. The van der Waals surface area contributed by atoms with Gasteiger partial charge in [-0.05, 0) is 30.7 Å². The van der Waals surface area contributed by atoms with Gasteiger partial charge in [-0.15, -0.1) is 0 Å². The predicted molar refractivity (Wildman–Crippen MR) is 74.0 cm³/mol. The van der Waals surface area contributed by atoms with Gasteiger partial charge in [-0.1, -0.05) is 12.1 Å². The first-order chi connectivity index (χ1) is 9.13. The van der Waals surface area contributed by atoms with Crippen LogP contribution in [-0.4, -0.2) is 17.5 Å². The molecular formula is C14H15N3O2. The number of carbonyl (C=O) groups is 1. The van der Waals surface area contributed by atoms with Crippen LogP contribution in [-0.2, 0) is 4.79 Å². The molecule has 19 heavy (non-hydrogen) atoms. The molecule has 0 spiro atoms. The number of rotatable bonds is 4. The van der Waals surface area contributed by atoms with Crippen LogP contribution < -0.4 is 15.8 Å². The van der Waals surface area contributed by atoms with Crippen LogP contribution in [0.1, 0.15) is 5.56 Å². The van der Waals surface area contributed by atoms with E-state index < -0.39 is 0 Å². The second-order valence-electron chi connectivity index (χ2n) is 4.13. The number of hydrogen-bond donors (Lipinski definition) is 2. The van der Waals surface area contributed by atoms with Crippen molar-refractivity contribution in [1.82, 2.24) is 4.98 Å². The van der Waals surface area contributed by atoms with Crippen molar-refractivity contribution in [1.29, 1.82) is 0 Å². The second-order valence-corrected chi connectivity index (χ2v) is 4.13. The molecule has 0 aliphatic carbocycles. The lowest BCUT2D eigenvalue weighted by Crippen LogP contribution is -2.20. The summed E-state index contributed by atoms with van der Waals surface area (Å²) in [4.78, 5) is 15.7. The highest BCUT2D eigenvalue weighted by Gasteiger charge is 2.04. The minimum Gasteiger partial charge on any atom is -0.484 e. The molecule has 0 saturated carbocycles. The zero-order valence-corrected chi connectivity index (χ0v) is 10.6. The van der Waals surface area contributed by atoms with E-state index in [1.54, 1.807) is 36.5 Å². The van der Waals surface area contributed by atoms with Gasteiger partial charge in [0, 0.05) is 18.0 Å². The normalized spacial score (nSPS) is 9.95. The van der Waals surface area contributed by atoms with Crippen LogP contribution in [0.5, 0.6) is 5.75 Å². The second kappa shape index (κ2) is 5.86. The number of nitrogens with zero attached hydrogens (tertiary/aromatic N) is 1. The van der Waals surface area contributed by atoms with E-state index in [-0.39, 0.29) is 12.5 Å². The summed E-state index contributed by atoms with van der Waals surface area (Å²) in [5.41, 5.74) is 7.24. The molecule has 0 bridgehead atoms. The molecule has 0 atom stereocenters. The van der Waals surface area contributed by atoms with E-state index in [1.807, 2.05) is 13.0 Å². The molecule has 1 aromatic carbocycles. The molecule has 5 nitrogen and oxygen atoms in total. The molecule has 98 valence electrons. The fourth-order valence-electron chi connectivity index (χ4n) is 1.47. The maximum Gasteiger partial charge on any atom is 0.263 e. The van der Waals surface area contributed by atoms with Gasteiger partial charge < -0.3 is 15.8 Å². The summed E-state index contributed by atoms with van der Waals surface area (Å²) in [6.07, 6.45) is 1.69. The minimum atomic E-state index is -0.265. The molecule has 0 fully saturated rings. The van der Waals surface area contributed by atoms with E-state index in [9.17, 15) is 4.79 Å². The van der Waals surface area contributed by atoms with Gasteiger partial charge in [0.2, 0.25) is 0 Å². The Morgan fingerprint density at radius 2 is 2.21 bits per heavy atom. The van der Waals surface area contributed by atoms with Crippen LogP contribution in [0.2, 0.25) is 0 Å². The van der Waals surface area contributed by atoms with Gasteiger partial charge in [-0.25, -0.2) is 4.98 Å². The Morgan fingerprint density at radius 1 is 1.37 bits per heavy atom. The molecule has 0 aliphatic heterocycles. The van der Waals surface area contributed by atoms with E-state index in [0.717, 1.165) is 5.56 Å². The first kappa shape index (κ1) is 12.9. The molecule has 1 amide bonds. The fourth-order valence-corrected chi connectivity index (χ4v) is 1.47. The van der Waals surface area contributed by atoms with Crippen LogP contribution in [0, 0.1) is 6.92 Å². The third-order valence-electron chi connectivity index (χ3n) is 2.41. The quantitative estimate of drug-likeness (QED) is 0.821. The lowest BCUT2D eigenvalue weighted by molar-refractivity contribution is -0.118. The topological polar surface area (TPSA) is 77.2 Å². The summed E-state index contributed by atoms with van der Waals surface area (Å²) in [7, 11) is 0. The number of nitrogens with one attached hydrogen (secondary N) is 1. The van der Waals surface area contributed by atoms with Crippen molar-refractivity contribution in [3.05, 3.63) is 48.2 Å². The molecule has 0 aliphatic rings. The standard InChI is InChI=1S/C14H15N3O2/c1-10-5-6-13(16-8-10)17-14(18)9-19-12-4-2-3-11(15)7-12/h2-8H,9,15H2,1H3,(H,16,17,18). The summed E-state index contributed by atoms with van der Waals surface area (Å²) < 4.78 is 5.32. The summed E-state index contributed by atoms with van der Waals surface area (Å²) in [6.45, 7) is 1.85. The number of amides is 1. The van der Waals surface area contributed by atoms with Crippen molar-refractivity contribution in [2.45, 2.75) is 6.92 Å². The van der Waals surface area contributed by atoms with E-state index >= 15 is 0 Å². The zero-order valence-electron chi connectivity index (χ0n) is 10.6. The lowest BCUT2D eigenvalue weighted by atomic mass is 10.3. The molecular weight excluding hydrogens is 242 g/mol. The number of nitrogens with two attached hydrogens (primary N) is 1. The first-order valence-corrected chi connectivity index (χ1v) is 5.84. The average Bonchev–Trinajstić information content (AvgIpc) is 2.39. The molecule has 3 N–H and O–H groups in total. The molecule has 0 unspecified atom stereocenters. The van der Waals surface area contributed by atoms with Crippen molar-refractivity contribution in [2.75, 3.05) is 17.7 Å². The van der Waals surface area contributed by atoms with Crippen molar-refractivity contribution in [2.24, 2.45) is 0 Å². The highest BCUT2D eigenvalue weighted by Crippen LogP contribution is 2.14. The number of aryl methyl sites for hydroxylation is 1. The molecule has 2 aromatic rings. The van der Waals surface area contributed by atoms with Gasteiger partial charge in [0.15, 0.2) is 6.61 Å². The summed E-state index contributed by atoms with van der Waals surface area (Å²) in [6, 6.07) is 10.5. The van der Waals surface area contributed by atoms with Gasteiger partial charge in [-0.2, -0.15) is 0 Å². The Balaban J connectivity index is 1.86. The molecule has 1 heterocycles. The van der Waals surface area contributed by atoms with Gasteiger partial charge in [-0.3, -0.25) is 4.79 Å². The van der Waals surface area contributed by atoms with Crippen molar-refractivity contribution in [3.8, 4) is 5.75 Å². The number of pyridine rings is 1. The van der Waals surface area contributed by atoms with Crippen LogP contribution in [0.15, 0.2) is 42.6 Å². The molecule has 1 aromatic heterocycles. The van der Waals surface area contributed by atoms with E-state index in [2.05, 4.69) is 10.3 Å². The zero-order chi connectivity index (χ0) is 13.7. The summed E-state index contributed by atoms with van der Waals surface area (Å²) in [5, 5.41) is 2.65. The maximum absolute atomic E-state index is 11.6. The maximum atomic E-state index is 11.6. The van der Waals surface area contributed by atoms with Gasteiger partial charge in [0.05, 0.1) is 0 Å². The number of benzene rings is 1. The van der Waals surface area contributed by atoms with E-state index in [1.165, 1.54) is 0 Å². The highest BCUT2D eigenvalue weighted by molar-refractivity contribution is 5.90. The van der Waals surface area contributed by atoms with Crippen molar-refractivity contribution < 1.29 is 9.53 Å². The van der Waals surface area contributed by atoms with E-state index in [4.69, 9.17) is 10.5 Å². The highest BCUT2D eigenvalue weighted by atomic mass is 16.5. The average molecular weight is 257 g/mol.